The van der Waals surface area contributed by atoms with Gasteiger partial charge in [-0.15, -0.1) is 0 Å². The summed E-state index contributed by atoms with van der Waals surface area (Å²) >= 11 is 0. The van der Waals surface area contributed by atoms with Crippen molar-refractivity contribution in [3.8, 4) is 0 Å². The molecule has 0 heterocycles. The normalized spacial score (nSPS) is 9.80. The van der Waals surface area contributed by atoms with Crippen LogP contribution in [0.15, 0.2) is 24.3 Å². The number of hydrogen-bond acceptors (Lipinski definition) is 1. The van der Waals surface area contributed by atoms with Gasteiger partial charge in [-0.25, -0.2) is 0 Å². The number of carbonyl (C=O) groups excluding carboxylic acids is 1. The lowest BCUT2D eigenvalue weighted by atomic mass is 10.3. The van der Waals surface area contributed by atoms with Crippen molar-refractivity contribution in [2.45, 2.75) is 13.8 Å². The molecule has 0 aliphatic heterocycles. The van der Waals surface area contributed by atoms with Crippen molar-refractivity contribution < 1.29 is 4.79 Å². The Morgan fingerprint density at radius 3 is 2.70 bits per heavy atom. The average Bonchev–Trinajstić information content (AvgIpc) is 1.88. The highest BCUT2D eigenvalue weighted by molar-refractivity contribution is 5.92. The van der Waals surface area contributed by atoms with E-state index in [2.05, 4.69) is 11.9 Å². The quantitative estimate of drug-likeness (QED) is 0.463. The van der Waals surface area contributed by atoms with Crippen molar-refractivity contribution in [3.05, 3.63) is 24.3 Å². The summed E-state index contributed by atoms with van der Waals surface area (Å²) < 4.78 is 0. The molecular formula is C8H13NO. The third-order valence-electron chi connectivity index (χ3n) is 1.00. The first-order valence-corrected chi connectivity index (χ1v) is 3.23. The third kappa shape index (κ3) is 3.89. The summed E-state index contributed by atoms with van der Waals surface area (Å²) in [5, 5.41) is 2.66. The zero-order chi connectivity index (χ0) is 7.98. The molecule has 56 valence electrons. The summed E-state index contributed by atoms with van der Waals surface area (Å²) in [6.45, 7) is 7.68. The summed E-state index contributed by atoms with van der Waals surface area (Å²) in [6.07, 6.45) is 3.76. The maximum absolute atomic E-state index is 10.8. The fraction of sp³-hybridized carbons (Fsp3) is 0.375. The van der Waals surface area contributed by atoms with E-state index in [9.17, 15) is 4.79 Å². The van der Waals surface area contributed by atoms with Gasteiger partial charge in [-0.1, -0.05) is 18.7 Å². The van der Waals surface area contributed by atoms with Gasteiger partial charge in [0.1, 0.15) is 0 Å². The minimum atomic E-state index is -0.0851. The number of nitrogens with one attached hydrogen (secondary N) is 1. The van der Waals surface area contributed by atoms with Crippen LogP contribution < -0.4 is 5.32 Å². The molecule has 1 amide bonds. The number of rotatable bonds is 3. The van der Waals surface area contributed by atoms with Gasteiger partial charge in [0.15, 0.2) is 0 Å². The van der Waals surface area contributed by atoms with Crippen molar-refractivity contribution in [1.82, 2.24) is 5.32 Å². The summed E-state index contributed by atoms with van der Waals surface area (Å²) in [7, 11) is 0. The van der Waals surface area contributed by atoms with Crippen molar-refractivity contribution in [1.29, 1.82) is 0 Å². The molecule has 0 rings (SSSR count). The SMILES string of the molecule is C=C(C)C(=O)NC/C=C\C. The van der Waals surface area contributed by atoms with Crippen LogP contribution in [0.2, 0.25) is 0 Å². The van der Waals surface area contributed by atoms with Crippen molar-refractivity contribution >= 4 is 5.91 Å². The van der Waals surface area contributed by atoms with E-state index in [1.54, 1.807) is 6.92 Å². The first-order chi connectivity index (χ1) is 4.68. The van der Waals surface area contributed by atoms with Gasteiger partial charge >= 0.3 is 0 Å². The van der Waals surface area contributed by atoms with Crippen LogP contribution in [0.5, 0.6) is 0 Å². The summed E-state index contributed by atoms with van der Waals surface area (Å²) in [4.78, 5) is 10.8. The van der Waals surface area contributed by atoms with Gasteiger partial charge in [-0.3, -0.25) is 4.79 Å². The molecule has 0 unspecified atom stereocenters. The van der Waals surface area contributed by atoms with Crippen LogP contribution in [0.25, 0.3) is 0 Å². The van der Waals surface area contributed by atoms with E-state index in [0.717, 1.165) is 0 Å². The van der Waals surface area contributed by atoms with Crippen molar-refractivity contribution in [2.75, 3.05) is 6.54 Å². The van der Waals surface area contributed by atoms with Crippen LogP contribution in [-0.4, -0.2) is 12.5 Å². The molecule has 1 N–H and O–H groups in total. The molecule has 0 saturated heterocycles. The molecule has 0 aliphatic rings. The molecule has 0 atom stereocenters. The number of allylic oxidation sites excluding steroid dienone is 1. The Morgan fingerprint density at radius 2 is 2.30 bits per heavy atom. The Kier molecular flexibility index (Phi) is 4.29. The average molecular weight is 139 g/mol. The second-order valence-electron chi connectivity index (χ2n) is 2.06. The first kappa shape index (κ1) is 8.95. The third-order valence-corrected chi connectivity index (χ3v) is 1.00. The van der Waals surface area contributed by atoms with Gasteiger partial charge in [0.2, 0.25) is 5.91 Å². The van der Waals surface area contributed by atoms with E-state index >= 15 is 0 Å². The van der Waals surface area contributed by atoms with E-state index in [1.807, 2.05) is 19.1 Å². The predicted octanol–water partition coefficient (Wildman–Crippen LogP) is 1.25. The van der Waals surface area contributed by atoms with E-state index < -0.39 is 0 Å². The highest BCUT2D eigenvalue weighted by Crippen LogP contribution is 1.84. The van der Waals surface area contributed by atoms with Crippen LogP contribution in [0.3, 0.4) is 0 Å². The molecule has 0 bridgehead atoms. The summed E-state index contributed by atoms with van der Waals surface area (Å²) in [6, 6.07) is 0. The molecule has 0 aromatic heterocycles. The number of amides is 1. The van der Waals surface area contributed by atoms with Crippen LogP contribution >= 0.6 is 0 Å². The van der Waals surface area contributed by atoms with Crippen LogP contribution in [0.4, 0.5) is 0 Å². The molecule has 2 heteroatoms. The summed E-state index contributed by atoms with van der Waals surface area (Å²) in [5.41, 5.74) is 0.546. The van der Waals surface area contributed by atoms with E-state index in [4.69, 9.17) is 0 Å². The lowest BCUT2D eigenvalue weighted by molar-refractivity contribution is -0.117. The Balaban J connectivity index is 3.50. The van der Waals surface area contributed by atoms with Gasteiger partial charge in [-0.2, -0.15) is 0 Å². The van der Waals surface area contributed by atoms with Gasteiger partial charge in [0.05, 0.1) is 0 Å². The maximum Gasteiger partial charge on any atom is 0.246 e. The molecule has 0 aromatic carbocycles. The number of carbonyl (C=O) groups is 1. The molecule has 0 radical (unpaired) electrons. The zero-order valence-corrected chi connectivity index (χ0v) is 6.48. The van der Waals surface area contributed by atoms with Crippen molar-refractivity contribution in [3.63, 3.8) is 0 Å². The first-order valence-electron chi connectivity index (χ1n) is 3.23. The minimum absolute atomic E-state index is 0.0851. The highest BCUT2D eigenvalue weighted by atomic mass is 16.1. The van der Waals surface area contributed by atoms with E-state index in [1.165, 1.54) is 0 Å². The lowest BCUT2D eigenvalue weighted by Crippen LogP contribution is -2.23. The minimum Gasteiger partial charge on any atom is -0.349 e. The smallest absolute Gasteiger partial charge is 0.246 e. The van der Waals surface area contributed by atoms with E-state index in [0.29, 0.717) is 12.1 Å². The second kappa shape index (κ2) is 4.79. The van der Waals surface area contributed by atoms with E-state index in [-0.39, 0.29) is 5.91 Å². The Morgan fingerprint density at radius 1 is 1.70 bits per heavy atom. The molecule has 0 aliphatic carbocycles. The highest BCUT2D eigenvalue weighted by Gasteiger charge is 1.96. The largest absolute Gasteiger partial charge is 0.349 e. The molecule has 0 spiro atoms. The topological polar surface area (TPSA) is 29.1 Å². The number of hydrogen-bond donors (Lipinski definition) is 1. The van der Waals surface area contributed by atoms with Crippen LogP contribution in [0, 0.1) is 0 Å². The van der Waals surface area contributed by atoms with Gasteiger partial charge in [0.25, 0.3) is 0 Å². The molecular weight excluding hydrogens is 126 g/mol. The van der Waals surface area contributed by atoms with Gasteiger partial charge in [0, 0.05) is 12.1 Å². The Labute approximate surface area is 61.6 Å². The Hall–Kier alpha value is -1.05. The molecule has 0 fully saturated rings. The molecule has 0 aromatic rings. The van der Waals surface area contributed by atoms with Crippen LogP contribution in [0.1, 0.15) is 13.8 Å². The zero-order valence-electron chi connectivity index (χ0n) is 6.48. The standard InChI is InChI=1S/C8H13NO/c1-4-5-6-9-8(10)7(2)3/h4-5H,2,6H2,1,3H3,(H,9,10)/b5-4-. The molecule has 10 heavy (non-hydrogen) atoms. The van der Waals surface area contributed by atoms with Gasteiger partial charge in [-0.05, 0) is 13.8 Å². The fourth-order valence-electron chi connectivity index (χ4n) is 0.420. The monoisotopic (exact) mass is 139 g/mol. The van der Waals surface area contributed by atoms with Crippen molar-refractivity contribution in [2.24, 2.45) is 0 Å². The predicted molar refractivity (Wildman–Crippen MR) is 42.6 cm³/mol. The second-order valence-corrected chi connectivity index (χ2v) is 2.06. The summed E-state index contributed by atoms with van der Waals surface area (Å²) in [5.74, 6) is -0.0851. The molecule has 0 saturated carbocycles. The lowest BCUT2D eigenvalue weighted by Gasteiger charge is -1.98. The molecule has 2 nitrogen and oxygen atoms in total. The fourth-order valence-corrected chi connectivity index (χ4v) is 0.420. The maximum atomic E-state index is 10.8. The Bertz CT molecular complexity index is 159. The van der Waals surface area contributed by atoms with Crippen LogP contribution in [-0.2, 0) is 4.79 Å². The van der Waals surface area contributed by atoms with Gasteiger partial charge < -0.3 is 5.32 Å².